The van der Waals surface area contributed by atoms with Gasteiger partial charge in [0.1, 0.15) is 0 Å². The molecule has 1 aromatic rings. The van der Waals surface area contributed by atoms with Crippen LogP contribution in [0.3, 0.4) is 0 Å². The minimum absolute atomic E-state index is 0.0561. The van der Waals surface area contributed by atoms with Crippen LogP contribution in [0.1, 0.15) is 17.8 Å². The summed E-state index contributed by atoms with van der Waals surface area (Å²) < 4.78 is 0. The highest BCUT2D eigenvalue weighted by Gasteiger charge is 2.20. The molecule has 1 amide bonds. The molecule has 62 valence electrons. The van der Waals surface area contributed by atoms with Crippen molar-refractivity contribution < 1.29 is 9.78 Å². The maximum Gasteiger partial charge on any atom is 0.295 e. The van der Waals surface area contributed by atoms with Crippen LogP contribution in [0.5, 0.6) is 0 Å². The lowest BCUT2D eigenvalue weighted by Crippen LogP contribution is -2.24. The molecule has 4 nitrogen and oxygen atoms in total. The third kappa shape index (κ3) is 1.15. The summed E-state index contributed by atoms with van der Waals surface area (Å²) in [5.41, 5.74) is 1.08. The quantitative estimate of drug-likeness (QED) is 0.590. The van der Waals surface area contributed by atoms with E-state index in [0.29, 0.717) is 12.2 Å². The maximum absolute atomic E-state index is 11.0. The Hall–Kier alpha value is -1.45. The van der Waals surface area contributed by atoms with Gasteiger partial charge in [0, 0.05) is 13.3 Å². The first-order chi connectivity index (χ1) is 5.75. The predicted octanol–water partition coefficient (Wildman–Crippen LogP) is 0.0888. The monoisotopic (exact) mass is 164 g/mol. The number of carbonyl (C=O) groups is 1. The summed E-state index contributed by atoms with van der Waals surface area (Å²) in [6.45, 7) is 1.86. The fraction of sp³-hybridized carbons (Fsp3) is 0.375. The van der Waals surface area contributed by atoms with Gasteiger partial charge in [-0.15, -0.1) is 0 Å². The standard InChI is InChI=1S/C8H9N3O/c1-5-9-4-6-2-3-7(12)11-8(6)10-5/h4H,2-3H2,1H3,(H,9,10,11,12)/p+1. The number of anilines is 1. The molecule has 2 heterocycles. The molecule has 0 radical (unpaired) electrons. The third-order valence-corrected chi connectivity index (χ3v) is 1.92. The van der Waals surface area contributed by atoms with Crippen molar-refractivity contribution in [3.05, 3.63) is 17.6 Å². The van der Waals surface area contributed by atoms with Crippen molar-refractivity contribution in [2.75, 3.05) is 5.32 Å². The summed E-state index contributed by atoms with van der Waals surface area (Å²) in [6, 6.07) is 0. The molecule has 0 saturated heterocycles. The first-order valence-corrected chi connectivity index (χ1v) is 3.94. The van der Waals surface area contributed by atoms with E-state index in [9.17, 15) is 4.79 Å². The van der Waals surface area contributed by atoms with Crippen molar-refractivity contribution in [3.8, 4) is 0 Å². The number of aromatic nitrogens is 2. The molecular formula is C8H10N3O+. The van der Waals surface area contributed by atoms with Crippen LogP contribution in [-0.4, -0.2) is 10.9 Å². The fourth-order valence-corrected chi connectivity index (χ4v) is 1.27. The van der Waals surface area contributed by atoms with Gasteiger partial charge in [0.05, 0.1) is 11.8 Å². The number of amides is 1. The molecule has 1 aliphatic heterocycles. The number of hydrogen-bond donors (Lipinski definition) is 1. The zero-order valence-corrected chi connectivity index (χ0v) is 6.85. The van der Waals surface area contributed by atoms with Crippen molar-refractivity contribution in [2.24, 2.45) is 0 Å². The first kappa shape index (κ1) is 7.21. The van der Waals surface area contributed by atoms with Crippen LogP contribution in [-0.2, 0) is 11.2 Å². The summed E-state index contributed by atoms with van der Waals surface area (Å²) >= 11 is 0. The van der Waals surface area contributed by atoms with Gasteiger partial charge >= 0.3 is 0 Å². The van der Waals surface area contributed by atoms with Gasteiger partial charge in [0.15, 0.2) is 0 Å². The Balaban J connectivity index is 2.44. The van der Waals surface area contributed by atoms with Gasteiger partial charge in [-0.05, 0) is 11.4 Å². The average molecular weight is 164 g/mol. The highest BCUT2D eigenvalue weighted by molar-refractivity contribution is 5.92. The van der Waals surface area contributed by atoms with Crippen LogP contribution >= 0.6 is 0 Å². The molecule has 0 atom stereocenters. The van der Waals surface area contributed by atoms with E-state index in [2.05, 4.69) is 15.3 Å². The summed E-state index contributed by atoms with van der Waals surface area (Å²) in [5.74, 6) is 1.58. The number of aromatic amines is 1. The zero-order valence-electron chi connectivity index (χ0n) is 6.85. The molecule has 0 saturated carbocycles. The second kappa shape index (κ2) is 2.55. The number of hydrogen-bond acceptors (Lipinski definition) is 2. The van der Waals surface area contributed by atoms with E-state index in [0.717, 1.165) is 17.8 Å². The van der Waals surface area contributed by atoms with E-state index in [-0.39, 0.29) is 5.91 Å². The molecule has 0 aromatic carbocycles. The zero-order chi connectivity index (χ0) is 8.55. The molecular weight excluding hydrogens is 154 g/mol. The molecule has 1 aromatic heterocycles. The second-order valence-corrected chi connectivity index (χ2v) is 2.91. The van der Waals surface area contributed by atoms with Crippen molar-refractivity contribution in [1.82, 2.24) is 4.98 Å². The van der Waals surface area contributed by atoms with Crippen LogP contribution in [0.25, 0.3) is 0 Å². The normalized spacial score (nSPS) is 15.2. The second-order valence-electron chi connectivity index (χ2n) is 2.91. The lowest BCUT2D eigenvalue weighted by atomic mass is 10.1. The summed E-state index contributed by atoms with van der Waals surface area (Å²) in [5, 5.41) is 2.73. The van der Waals surface area contributed by atoms with Gasteiger partial charge in [-0.25, -0.2) is 4.98 Å². The number of fused-ring (bicyclic) bond motifs is 1. The van der Waals surface area contributed by atoms with E-state index in [4.69, 9.17) is 0 Å². The Labute approximate surface area is 70.0 Å². The Morgan fingerprint density at radius 3 is 3.25 bits per heavy atom. The van der Waals surface area contributed by atoms with Gasteiger partial charge in [-0.1, -0.05) is 0 Å². The summed E-state index contributed by atoms with van der Waals surface area (Å²) in [4.78, 5) is 18.2. The summed E-state index contributed by atoms with van der Waals surface area (Å²) in [7, 11) is 0. The average Bonchev–Trinajstić information content (AvgIpc) is 2.03. The highest BCUT2D eigenvalue weighted by Crippen LogP contribution is 2.17. The maximum atomic E-state index is 11.0. The van der Waals surface area contributed by atoms with E-state index in [1.165, 1.54) is 0 Å². The van der Waals surface area contributed by atoms with Crippen molar-refractivity contribution in [3.63, 3.8) is 0 Å². The molecule has 0 unspecified atom stereocenters. The molecule has 2 N–H and O–H groups in total. The third-order valence-electron chi connectivity index (χ3n) is 1.92. The van der Waals surface area contributed by atoms with Crippen molar-refractivity contribution in [2.45, 2.75) is 19.8 Å². The molecule has 1 aliphatic rings. The summed E-state index contributed by atoms with van der Waals surface area (Å²) in [6.07, 6.45) is 3.24. The molecule has 4 heteroatoms. The van der Waals surface area contributed by atoms with E-state index >= 15 is 0 Å². The topological polar surface area (TPSA) is 56.1 Å². The Bertz CT molecular complexity index is 335. The smallest absolute Gasteiger partial charge is 0.289 e. The minimum atomic E-state index is 0.0561. The van der Waals surface area contributed by atoms with Crippen molar-refractivity contribution >= 4 is 11.7 Å². The van der Waals surface area contributed by atoms with Gasteiger partial charge in [0.25, 0.3) is 11.6 Å². The first-order valence-electron chi connectivity index (χ1n) is 3.94. The number of nitrogens with one attached hydrogen (secondary N) is 2. The van der Waals surface area contributed by atoms with Gasteiger partial charge in [0.2, 0.25) is 5.91 Å². The SMILES string of the molecule is Cc1nc2c(c[nH+]1)CCC(=O)N2. The lowest BCUT2D eigenvalue weighted by molar-refractivity contribution is -0.393. The Morgan fingerprint density at radius 2 is 2.42 bits per heavy atom. The molecule has 0 fully saturated rings. The van der Waals surface area contributed by atoms with Crippen LogP contribution in [0.4, 0.5) is 5.82 Å². The van der Waals surface area contributed by atoms with Crippen LogP contribution < -0.4 is 10.3 Å². The van der Waals surface area contributed by atoms with Crippen LogP contribution in [0.2, 0.25) is 0 Å². The Kier molecular flexibility index (Phi) is 1.53. The minimum Gasteiger partial charge on any atom is -0.289 e. The van der Waals surface area contributed by atoms with Crippen molar-refractivity contribution in [1.29, 1.82) is 0 Å². The molecule has 0 bridgehead atoms. The van der Waals surface area contributed by atoms with Crippen LogP contribution in [0, 0.1) is 6.92 Å². The predicted molar refractivity (Wildman–Crippen MR) is 42.5 cm³/mol. The molecule has 12 heavy (non-hydrogen) atoms. The fourth-order valence-electron chi connectivity index (χ4n) is 1.27. The molecule has 2 rings (SSSR count). The molecule has 0 aliphatic carbocycles. The van der Waals surface area contributed by atoms with Crippen LogP contribution in [0.15, 0.2) is 6.20 Å². The number of H-pyrrole nitrogens is 1. The van der Waals surface area contributed by atoms with Gasteiger partial charge in [-0.2, -0.15) is 0 Å². The van der Waals surface area contributed by atoms with E-state index < -0.39 is 0 Å². The van der Waals surface area contributed by atoms with Gasteiger partial charge in [-0.3, -0.25) is 10.1 Å². The largest absolute Gasteiger partial charge is 0.295 e. The van der Waals surface area contributed by atoms with E-state index in [1.807, 2.05) is 13.1 Å². The highest BCUT2D eigenvalue weighted by atomic mass is 16.1. The number of rotatable bonds is 0. The van der Waals surface area contributed by atoms with Gasteiger partial charge < -0.3 is 0 Å². The lowest BCUT2D eigenvalue weighted by Gasteiger charge is -2.09. The Morgan fingerprint density at radius 1 is 1.58 bits per heavy atom. The van der Waals surface area contributed by atoms with E-state index in [1.54, 1.807) is 0 Å². The number of nitrogens with zero attached hydrogens (tertiary/aromatic N) is 1. The number of carbonyl (C=O) groups excluding carboxylic acids is 1. The molecule has 0 spiro atoms. The number of aryl methyl sites for hydroxylation is 2.